The molecule has 0 bridgehead atoms. The zero-order valence-electron chi connectivity index (χ0n) is 13.7. The molecule has 1 saturated heterocycles. The smallest absolute Gasteiger partial charge is 0.118 e. The lowest BCUT2D eigenvalue weighted by atomic mass is 10.1. The summed E-state index contributed by atoms with van der Waals surface area (Å²) in [6, 6.07) is 2.99. The van der Waals surface area contributed by atoms with Crippen LogP contribution < -0.4 is 5.32 Å². The average molecular weight is 291 g/mol. The maximum Gasteiger partial charge on any atom is 0.118 e. The van der Waals surface area contributed by atoms with Crippen LogP contribution in [-0.2, 0) is 13.1 Å². The van der Waals surface area contributed by atoms with Crippen molar-refractivity contribution < 1.29 is 4.42 Å². The Kier molecular flexibility index (Phi) is 4.67. The first-order chi connectivity index (χ1) is 10.1. The number of furan rings is 1. The molecule has 0 radical (unpaired) electrons. The third-order valence-corrected chi connectivity index (χ3v) is 4.71. The number of aryl methyl sites for hydroxylation is 1. The second-order valence-corrected chi connectivity index (χ2v) is 7.06. The SMILES string of the molecule is Cc1oc(CN(C)CC2CCN(C)C2)cc1CNC1CC1. The molecule has 118 valence electrons. The monoisotopic (exact) mass is 291 g/mol. The summed E-state index contributed by atoms with van der Waals surface area (Å²) in [4.78, 5) is 4.83. The van der Waals surface area contributed by atoms with Crippen molar-refractivity contribution in [2.75, 3.05) is 33.7 Å². The van der Waals surface area contributed by atoms with E-state index in [4.69, 9.17) is 4.42 Å². The number of hydrogen-bond acceptors (Lipinski definition) is 4. The second kappa shape index (κ2) is 6.51. The summed E-state index contributed by atoms with van der Waals surface area (Å²) >= 11 is 0. The van der Waals surface area contributed by atoms with Crippen molar-refractivity contribution in [1.82, 2.24) is 15.1 Å². The third-order valence-electron chi connectivity index (χ3n) is 4.71. The van der Waals surface area contributed by atoms with E-state index in [1.54, 1.807) is 0 Å². The van der Waals surface area contributed by atoms with Crippen LogP contribution >= 0.6 is 0 Å². The standard InChI is InChI=1S/C17H29N3O/c1-13-15(9-18-16-4-5-16)8-17(21-13)12-20(3)11-14-6-7-19(2)10-14/h8,14,16,18H,4-7,9-12H2,1-3H3. The second-order valence-electron chi connectivity index (χ2n) is 7.06. The fourth-order valence-electron chi connectivity index (χ4n) is 3.33. The molecule has 0 aromatic carbocycles. The van der Waals surface area contributed by atoms with Crippen LogP contribution in [0.2, 0.25) is 0 Å². The Balaban J connectivity index is 1.48. The van der Waals surface area contributed by atoms with Gasteiger partial charge in [-0.25, -0.2) is 0 Å². The normalized spacial score (nSPS) is 23.3. The van der Waals surface area contributed by atoms with Crippen LogP contribution in [0.4, 0.5) is 0 Å². The number of likely N-dealkylation sites (tertiary alicyclic amines) is 1. The molecular weight excluding hydrogens is 262 g/mol. The van der Waals surface area contributed by atoms with Gasteiger partial charge in [-0.2, -0.15) is 0 Å². The summed E-state index contributed by atoms with van der Waals surface area (Å²) < 4.78 is 5.93. The van der Waals surface area contributed by atoms with Gasteiger partial charge in [-0.1, -0.05) is 0 Å². The van der Waals surface area contributed by atoms with Crippen molar-refractivity contribution in [3.8, 4) is 0 Å². The molecule has 1 aliphatic carbocycles. The molecule has 21 heavy (non-hydrogen) atoms. The summed E-state index contributed by atoms with van der Waals surface area (Å²) in [6.45, 7) is 7.61. The van der Waals surface area contributed by atoms with Crippen LogP contribution in [0.25, 0.3) is 0 Å². The van der Waals surface area contributed by atoms with E-state index in [9.17, 15) is 0 Å². The van der Waals surface area contributed by atoms with Crippen LogP contribution in [0.1, 0.15) is 36.3 Å². The highest BCUT2D eigenvalue weighted by Crippen LogP contribution is 2.22. The van der Waals surface area contributed by atoms with Gasteiger partial charge in [0.15, 0.2) is 0 Å². The quantitative estimate of drug-likeness (QED) is 0.835. The van der Waals surface area contributed by atoms with E-state index in [-0.39, 0.29) is 0 Å². The van der Waals surface area contributed by atoms with E-state index >= 15 is 0 Å². The van der Waals surface area contributed by atoms with Crippen LogP contribution in [0, 0.1) is 12.8 Å². The first kappa shape index (κ1) is 15.1. The maximum atomic E-state index is 5.93. The highest BCUT2D eigenvalue weighted by molar-refractivity contribution is 5.21. The number of rotatable bonds is 7. The number of nitrogens with one attached hydrogen (secondary N) is 1. The van der Waals surface area contributed by atoms with Crippen LogP contribution in [0.5, 0.6) is 0 Å². The summed E-state index contributed by atoms with van der Waals surface area (Å²) in [7, 11) is 4.42. The third kappa shape index (κ3) is 4.31. The van der Waals surface area contributed by atoms with Crippen LogP contribution in [-0.4, -0.2) is 49.6 Å². The fraction of sp³-hybridized carbons (Fsp3) is 0.765. The van der Waals surface area contributed by atoms with Crippen LogP contribution in [0.15, 0.2) is 10.5 Å². The molecule has 2 heterocycles. The Bertz CT molecular complexity index is 467. The number of hydrogen-bond donors (Lipinski definition) is 1. The van der Waals surface area contributed by atoms with Crippen molar-refractivity contribution in [3.63, 3.8) is 0 Å². The zero-order chi connectivity index (χ0) is 14.8. The van der Waals surface area contributed by atoms with Crippen molar-refractivity contribution in [3.05, 3.63) is 23.2 Å². The van der Waals surface area contributed by atoms with Gasteiger partial charge >= 0.3 is 0 Å². The first-order valence-electron chi connectivity index (χ1n) is 8.29. The van der Waals surface area contributed by atoms with Gasteiger partial charge in [-0.15, -0.1) is 0 Å². The van der Waals surface area contributed by atoms with Crippen LogP contribution in [0.3, 0.4) is 0 Å². The maximum absolute atomic E-state index is 5.93. The molecule has 0 spiro atoms. The molecule has 1 aromatic rings. The predicted molar refractivity (Wildman–Crippen MR) is 85.2 cm³/mol. The molecule has 2 aliphatic rings. The molecule has 1 N–H and O–H groups in total. The fourth-order valence-corrected chi connectivity index (χ4v) is 3.33. The van der Waals surface area contributed by atoms with Crippen molar-refractivity contribution in [1.29, 1.82) is 0 Å². The topological polar surface area (TPSA) is 31.7 Å². The molecular formula is C17H29N3O. The largest absolute Gasteiger partial charge is 0.465 e. The highest BCUT2D eigenvalue weighted by atomic mass is 16.3. The lowest BCUT2D eigenvalue weighted by Gasteiger charge is -2.19. The summed E-state index contributed by atoms with van der Waals surface area (Å²) in [5, 5.41) is 3.56. The minimum atomic E-state index is 0.754. The van der Waals surface area contributed by atoms with Gasteiger partial charge in [-0.05, 0) is 58.8 Å². The summed E-state index contributed by atoms with van der Waals surface area (Å²) in [5.74, 6) is 2.99. The Morgan fingerprint density at radius 2 is 2.19 bits per heavy atom. The Morgan fingerprint density at radius 3 is 2.86 bits per heavy atom. The molecule has 1 aromatic heterocycles. The molecule has 1 aliphatic heterocycles. The molecule has 4 nitrogen and oxygen atoms in total. The van der Waals surface area contributed by atoms with E-state index in [1.165, 1.54) is 44.5 Å². The lowest BCUT2D eigenvalue weighted by molar-refractivity contribution is 0.247. The zero-order valence-corrected chi connectivity index (χ0v) is 13.7. The van der Waals surface area contributed by atoms with E-state index in [0.717, 1.165) is 36.6 Å². The van der Waals surface area contributed by atoms with Crippen molar-refractivity contribution in [2.24, 2.45) is 5.92 Å². The molecule has 1 saturated carbocycles. The Hall–Kier alpha value is -0.840. The molecule has 1 unspecified atom stereocenters. The minimum Gasteiger partial charge on any atom is -0.465 e. The van der Waals surface area contributed by atoms with Gasteiger partial charge in [0.2, 0.25) is 0 Å². The van der Waals surface area contributed by atoms with Crippen molar-refractivity contribution >= 4 is 0 Å². The lowest BCUT2D eigenvalue weighted by Crippen LogP contribution is -2.26. The van der Waals surface area contributed by atoms with Gasteiger partial charge in [0.05, 0.1) is 6.54 Å². The van der Waals surface area contributed by atoms with E-state index in [2.05, 4.69) is 42.2 Å². The van der Waals surface area contributed by atoms with E-state index in [0.29, 0.717) is 0 Å². The highest BCUT2D eigenvalue weighted by Gasteiger charge is 2.22. The molecule has 2 fully saturated rings. The van der Waals surface area contributed by atoms with E-state index in [1.807, 2.05) is 0 Å². The Labute approximate surface area is 128 Å². The van der Waals surface area contributed by atoms with Crippen molar-refractivity contribution in [2.45, 2.75) is 45.3 Å². The Morgan fingerprint density at radius 1 is 1.38 bits per heavy atom. The van der Waals surface area contributed by atoms with Gasteiger partial charge < -0.3 is 14.6 Å². The molecule has 1 atom stereocenters. The van der Waals surface area contributed by atoms with Gasteiger partial charge in [0.25, 0.3) is 0 Å². The first-order valence-corrected chi connectivity index (χ1v) is 8.29. The van der Waals surface area contributed by atoms with E-state index < -0.39 is 0 Å². The minimum absolute atomic E-state index is 0.754. The van der Waals surface area contributed by atoms with Gasteiger partial charge in [0.1, 0.15) is 11.5 Å². The van der Waals surface area contributed by atoms with Gasteiger partial charge in [0, 0.05) is 31.2 Å². The average Bonchev–Trinajstić information content (AvgIpc) is 3.07. The molecule has 3 rings (SSSR count). The predicted octanol–water partition coefficient (Wildman–Crippen LogP) is 2.22. The molecule has 4 heteroatoms. The summed E-state index contributed by atoms with van der Waals surface area (Å²) in [5.41, 5.74) is 1.32. The van der Waals surface area contributed by atoms with Gasteiger partial charge in [-0.3, -0.25) is 4.90 Å². The number of nitrogens with zero attached hydrogens (tertiary/aromatic N) is 2. The molecule has 0 amide bonds. The summed E-state index contributed by atoms with van der Waals surface area (Å²) in [6.07, 6.45) is 4.00.